The molecule has 1 aliphatic rings. The fourth-order valence-corrected chi connectivity index (χ4v) is 2.40. The first-order valence-electron chi connectivity index (χ1n) is 4.69. The van der Waals surface area contributed by atoms with Crippen LogP contribution < -0.4 is 35.1 Å². The summed E-state index contributed by atoms with van der Waals surface area (Å²) in [4.78, 5) is 13.1. The number of pyridine rings is 1. The van der Waals surface area contributed by atoms with Crippen LogP contribution in [0.2, 0.25) is 0 Å². The molecule has 0 saturated carbocycles. The second-order valence-electron chi connectivity index (χ2n) is 3.63. The Labute approximate surface area is 115 Å². The number of hydrogen-bond donors (Lipinski definition) is 1. The number of aryl methyl sites for hydroxylation is 2. The molecule has 0 saturated heterocycles. The Hall–Kier alpha value is -0.140. The molecule has 0 aromatic carbocycles. The standard InChI is InChI=1S/C9H11NO4S.Na/c11-9-8(15(12,13)14)5-6-3-1-2-4-7(6)10-9;/h5H,1-4H2,(H,10,11)(H,12,13,14);/q;+1/p-1. The molecule has 2 rings (SSSR count). The van der Waals surface area contributed by atoms with E-state index in [1.54, 1.807) is 0 Å². The van der Waals surface area contributed by atoms with E-state index in [2.05, 4.69) is 4.98 Å². The number of aromatic amines is 1. The molecule has 7 heteroatoms. The largest absolute Gasteiger partial charge is 1.00 e. The van der Waals surface area contributed by atoms with Crippen LogP contribution in [0.25, 0.3) is 0 Å². The third-order valence-corrected chi connectivity index (χ3v) is 3.42. The Bertz CT molecular complexity index is 549. The van der Waals surface area contributed by atoms with Crippen LogP contribution in [0.5, 0.6) is 0 Å². The first-order chi connectivity index (χ1) is 6.98. The maximum Gasteiger partial charge on any atom is 1.00 e. The molecule has 82 valence electrons. The fraction of sp³-hybridized carbons (Fsp3) is 0.444. The maximum absolute atomic E-state index is 11.3. The van der Waals surface area contributed by atoms with Gasteiger partial charge in [-0.15, -0.1) is 0 Å². The Morgan fingerprint density at radius 1 is 1.25 bits per heavy atom. The topological polar surface area (TPSA) is 90.1 Å². The van der Waals surface area contributed by atoms with Gasteiger partial charge in [-0.25, -0.2) is 8.42 Å². The summed E-state index contributed by atoms with van der Waals surface area (Å²) in [5.74, 6) is 0. The van der Waals surface area contributed by atoms with Gasteiger partial charge in [-0.1, -0.05) is 0 Å². The molecule has 0 atom stereocenters. The molecule has 5 nitrogen and oxygen atoms in total. The van der Waals surface area contributed by atoms with Crippen LogP contribution in [-0.2, 0) is 23.0 Å². The van der Waals surface area contributed by atoms with Gasteiger partial charge < -0.3 is 9.54 Å². The van der Waals surface area contributed by atoms with Crippen LogP contribution in [0.3, 0.4) is 0 Å². The second kappa shape index (κ2) is 5.01. The quantitative estimate of drug-likeness (QED) is 0.430. The Morgan fingerprint density at radius 3 is 2.50 bits per heavy atom. The minimum Gasteiger partial charge on any atom is -0.744 e. The van der Waals surface area contributed by atoms with Crippen molar-refractivity contribution in [2.45, 2.75) is 30.6 Å². The number of nitrogens with one attached hydrogen (secondary N) is 1. The van der Waals surface area contributed by atoms with Crippen molar-refractivity contribution >= 4 is 10.1 Å². The predicted molar refractivity (Wildman–Crippen MR) is 51.7 cm³/mol. The van der Waals surface area contributed by atoms with Crippen molar-refractivity contribution < 1.29 is 42.5 Å². The number of rotatable bonds is 1. The number of aromatic nitrogens is 1. The summed E-state index contributed by atoms with van der Waals surface area (Å²) in [6.07, 6.45) is 3.39. The fourth-order valence-electron chi connectivity index (χ4n) is 1.84. The van der Waals surface area contributed by atoms with E-state index in [0.717, 1.165) is 30.5 Å². The first-order valence-corrected chi connectivity index (χ1v) is 6.10. The van der Waals surface area contributed by atoms with E-state index < -0.39 is 20.6 Å². The van der Waals surface area contributed by atoms with E-state index in [4.69, 9.17) is 0 Å². The van der Waals surface area contributed by atoms with Gasteiger partial charge in [-0.3, -0.25) is 4.79 Å². The molecule has 0 fully saturated rings. The first kappa shape index (κ1) is 13.9. The van der Waals surface area contributed by atoms with Crippen molar-refractivity contribution in [3.8, 4) is 0 Å². The van der Waals surface area contributed by atoms with Gasteiger partial charge in [0.1, 0.15) is 15.0 Å². The zero-order valence-corrected chi connectivity index (χ0v) is 11.8. The molecular weight excluding hydrogens is 241 g/mol. The van der Waals surface area contributed by atoms with Crippen LogP contribution in [0, 0.1) is 0 Å². The SMILES string of the molecule is O=c1[nH]c2c(cc1S(=O)(=O)[O-])CCCC2.[Na+]. The van der Waals surface area contributed by atoms with Gasteiger partial charge in [0.05, 0.1) is 0 Å². The number of fused-ring (bicyclic) bond motifs is 1. The molecule has 0 radical (unpaired) electrons. The summed E-state index contributed by atoms with van der Waals surface area (Å²) in [7, 11) is -4.66. The smallest absolute Gasteiger partial charge is 0.744 e. The minimum atomic E-state index is -4.66. The van der Waals surface area contributed by atoms with E-state index in [1.165, 1.54) is 6.07 Å². The van der Waals surface area contributed by atoms with Crippen LogP contribution in [0.15, 0.2) is 15.8 Å². The Kier molecular flexibility index (Phi) is 4.36. The second-order valence-corrected chi connectivity index (χ2v) is 4.98. The van der Waals surface area contributed by atoms with Crippen molar-refractivity contribution in [2.75, 3.05) is 0 Å². The van der Waals surface area contributed by atoms with E-state index in [0.29, 0.717) is 6.42 Å². The van der Waals surface area contributed by atoms with Crippen molar-refractivity contribution in [3.63, 3.8) is 0 Å². The monoisotopic (exact) mass is 251 g/mol. The molecule has 0 bridgehead atoms. The number of hydrogen-bond acceptors (Lipinski definition) is 4. The minimum absolute atomic E-state index is 0. The van der Waals surface area contributed by atoms with Gasteiger partial charge in [0, 0.05) is 5.69 Å². The summed E-state index contributed by atoms with van der Waals surface area (Å²) in [6.45, 7) is 0. The molecule has 0 aliphatic heterocycles. The van der Waals surface area contributed by atoms with E-state index in [-0.39, 0.29) is 29.6 Å². The van der Waals surface area contributed by atoms with E-state index in [1.807, 2.05) is 0 Å². The summed E-state index contributed by atoms with van der Waals surface area (Å²) < 4.78 is 32.3. The van der Waals surface area contributed by atoms with Crippen LogP contribution in [0.1, 0.15) is 24.1 Å². The van der Waals surface area contributed by atoms with Crippen LogP contribution in [0.4, 0.5) is 0 Å². The van der Waals surface area contributed by atoms with Gasteiger partial charge in [0.2, 0.25) is 0 Å². The zero-order chi connectivity index (χ0) is 11.1. The molecule has 1 N–H and O–H groups in total. The summed E-state index contributed by atoms with van der Waals surface area (Å²) in [6, 6.07) is 1.22. The average molecular weight is 251 g/mol. The molecule has 1 aliphatic carbocycles. The van der Waals surface area contributed by atoms with Crippen LogP contribution >= 0.6 is 0 Å². The van der Waals surface area contributed by atoms with E-state index in [9.17, 15) is 17.8 Å². The molecular formula is C9H10NNaO4S. The van der Waals surface area contributed by atoms with Crippen molar-refractivity contribution in [1.82, 2.24) is 4.98 Å². The summed E-state index contributed by atoms with van der Waals surface area (Å²) >= 11 is 0. The van der Waals surface area contributed by atoms with Crippen LogP contribution in [-0.4, -0.2) is 18.0 Å². The van der Waals surface area contributed by atoms with Gasteiger partial charge >= 0.3 is 29.6 Å². The van der Waals surface area contributed by atoms with Gasteiger partial charge in [0.15, 0.2) is 0 Å². The third kappa shape index (κ3) is 2.75. The summed E-state index contributed by atoms with van der Waals surface area (Å²) in [5.41, 5.74) is 0.736. The Morgan fingerprint density at radius 2 is 1.88 bits per heavy atom. The molecule has 1 aromatic rings. The molecule has 1 heterocycles. The number of H-pyrrole nitrogens is 1. The molecule has 0 spiro atoms. The molecule has 0 unspecified atom stereocenters. The van der Waals surface area contributed by atoms with Gasteiger partial charge in [-0.05, 0) is 37.3 Å². The molecule has 0 amide bonds. The molecule has 16 heavy (non-hydrogen) atoms. The van der Waals surface area contributed by atoms with Gasteiger partial charge in [-0.2, -0.15) is 0 Å². The van der Waals surface area contributed by atoms with Crippen molar-refractivity contribution in [2.24, 2.45) is 0 Å². The normalized spacial score (nSPS) is 15.1. The Balaban J connectivity index is 0.00000128. The van der Waals surface area contributed by atoms with Gasteiger partial charge in [0.25, 0.3) is 5.56 Å². The van der Waals surface area contributed by atoms with Crippen molar-refractivity contribution in [1.29, 1.82) is 0 Å². The predicted octanol–water partition coefficient (Wildman–Crippen LogP) is -2.84. The average Bonchev–Trinajstić information content (AvgIpc) is 2.15. The maximum atomic E-state index is 11.3. The van der Waals surface area contributed by atoms with Crippen molar-refractivity contribution in [3.05, 3.63) is 27.7 Å². The van der Waals surface area contributed by atoms with E-state index >= 15 is 0 Å². The zero-order valence-electron chi connectivity index (χ0n) is 8.95. The molecule has 1 aromatic heterocycles. The summed E-state index contributed by atoms with van der Waals surface area (Å²) in [5, 5.41) is 0. The third-order valence-electron chi connectivity index (χ3n) is 2.57.